The van der Waals surface area contributed by atoms with E-state index in [-0.39, 0.29) is 11.8 Å². The Bertz CT molecular complexity index is 403. The Balaban J connectivity index is 1.65. The molecule has 18 heavy (non-hydrogen) atoms. The van der Waals surface area contributed by atoms with E-state index in [1.807, 2.05) is 12.1 Å². The molecule has 2 rings (SSSR count). The van der Waals surface area contributed by atoms with E-state index in [1.54, 1.807) is 12.1 Å². The smallest absolute Gasteiger partial charge is 0.225 e. The molecule has 1 atom stereocenters. The van der Waals surface area contributed by atoms with Crippen LogP contribution in [0.2, 0.25) is 0 Å². The maximum absolute atomic E-state index is 11.6. The van der Waals surface area contributed by atoms with Crippen molar-refractivity contribution in [3.05, 3.63) is 24.3 Å². The van der Waals surface area contributed by atoms with Crippen LogP contribution in [0.25, 0.3) is 0 Å². The summed E-state index contributed by atoms with van der Waals surface area (Å²) in [6.07, 6.45) is 0.807. The summed E-state index contributed by atoms with van der Waals surface area (Å²) >= 11 is 0. The van der Waals surface area contributed by atoms with Crippen LogP contribution in [0.5, 0.6) is 5.75 Å². The van der Waals surface area contributed by atoms with Crippen molar-refractivity contribution < 1.29 is 14.3 Å². The van der Waals surface area contributed by atoms with E-state index in [1.165, 1.54) is 0 Å². The van der Waals surface area contributed by atoms with Gasteiger partial charge >= 0.3 is 0 Å². The van der Waals surface area contributed by atoms with Crippen LogP contribution in [0.15, 0.2) is 24.3 Å². The number of carbonyl (C=O) groups excluding carboxylic acids is 1. The fourth-order valence-electron chi connectivity index (χ4n) is 1.83. The van der Waals surface area contributed by atoms with Crippen molar-refractivity contribution in [3.8, 4) is 5.75 Å². The number of nitrogens with two attached hydrogens (primary N) is 1. The molecule has 0 aromatic heterocycles. The van der Waals surface area contributed by atoms with Gasteiger partial charge in [0.25, 0.3) is 0 Å². The van der Waals surface area contributed by atoms with Crippen molar-refractivity contribution in [2.45, 2.75) is 6.42 Å². The zero-order valence-corrected chi connectivity index (χ0v) is 10.2. The molecule has 1 aliphatic heterocycles. The molecule has 1 unspecified atom stereocenters. The molecule has 1 saturated heterocycles. The summed E-state index contributed by atoms with van der Waals surface area (Å²) < 4.78 is 10.6. The number of carbonyl (C=O) groups is 1. The van der Waals surface area contributed by atoms with Crippen molar-refractivity contribution >= 4 is 11.6 Å². The summed E-state index contributed by atoms with van der Waals surface area (Å²) in [7, 11) is 0. The molecule has 1 amide bonds. The predicted octanol–water partition coefficient (Wildman–Crippen LogP) is 0.800. The van der Waals surface area contributed by atoms with E-state index < -0.39 is 0 Å². The summed E-state index contributed by atoms with van der Waals surface area (Å²) in [6, 6.07) is 7.23. The van der Waals surface area contributed by atoms with Crippen LogP contribution in [0.4, 0.5) is 5.69 Å². The van der Waals surface area contributed by atoms with Gasteiger partial charge in [0.15, 0.2) is 0 Å². The Labute approximate surface area is 106 Å². The Morgan fingerprint density at radius 3 is 3.17 bits per heavy atom. The minimum atomic E-state index is -0.00244. The van der Waals surface area contributed by atoms with Crippen LogP contribution in [-0.2, 0) is 9.53 Å². The molecule has 1 aromatic carbocycles. The summed E-state index contributed by atoms with van der Waals surface area (Å²) in [5.74, 6) is 0.759. The normalized spacial score (nSPS) is 18.6. The van der Waals surface area contributed by atoms with Gasteiger partial charge in [-0.25, -0.2) is 0 Å². The van der Waals surface area contributed by atoms with E-state index >= 15 is 0 Å². The second-order valence-electron chi connectivity index (χ2n) is 4.27. The van der Waals surface area contributed by atoms with Crippen LogP contribution in [-0.4, -0.2) is 32.3 Å². The maximum Gasteiger partial charge on any atom is 0.225 e. The molecule has 0 saturated carbocycles. The molecule has 0 bridgehead atoms. The monoisotopic (exact) mass is 250 g/mol. The summed E-state index contributed by atoms with van der Waals surface area (Å²) in [6.45, 7) is 2.13. The minimum absolute atomic E-state index is 0.00244. The molecule has 5 nitrogen and oxygen atoms in total. The number of hydrogen-bond donors (Lipinski definition) is 2. The lowest BCUT2D eigenvalue weighted by atomic mass is 10.1. The molecule has 1 aliphatic rings. The van der Waals surface area contributed by atoms with Gasteiger partial charge in [-0.05, 0) is 18.6 Å². The first-order valence-electron chi connectivity index (χ1n) is 6.09. The molecule has 98 valence electrons. The van der Waals surface area contributed by atoms with E-state index in [4.69, 9.17) is 15.2 Å². The van der Waals surface area contributed by atoms with Crippen LogP contribution in [0.3, 0.4) is 0 Å². The van der Waals surface area contributed by atoms with Gasteiger partial charge in [-0.3, -0.25) is 4.79 Å². The molecule has 1 fully saturated rings. The molecule has 5 heteroatoms. The Kier molecular flexibility index (Phi) is 4.41. The van der Waals surface area contributed by atoms with Gasteiger partial charge in [-0.2, -0.15) is 0 Å². The third-order valence-electron chi connectivity index (χ3n) is 2.83. The van der Waals surface area contributed by atoms with Crippen molar-refractivity contribution in [2.75, 3.05) is 32.1 Å². The standard InChI is InChI=1S/C13H18N2O3/c14-11-2-1-3-12(8-11)18-7-5-15-13(16)10-4-6-17-9-10/h1-3,8,10H,4-7,9,14H2,(H,15,16). The second kappa shape index (κ2) is 6.26. The van der Waals surface area contributed by atoms with Gasteiger partial charge in [0, 0.05) is 18.4 Å². The first kappa shape index (κ1) is 12.7. The lowest BCUT2D eigenvalue weighted by Crippen LogP contribution is -2.33. The Hall–Kier alpha value is -1.75. The number of hydrogen-bond acceptors (Lipinski definition) is 4. The lowest BCUT2D eigenvalue weighted by Gasteiger charge is -2.10. The van der Waals surface area contributed by atoms with Crippen molar-refractivity contribution in [3.63, 3.8) is 0 Å². The average molecular weight is 250 g/mol. The molecular weight excluding hydrogens is 232 g/mol. The van der Waals surface area contributed by atoms with Crippen LogP contribution in [0, 0.1) is 5.92 Å². The van der Waals surface area contributed by atoms with Crippen LogP contribution < -0.4 is 15.8 Å². The first-order chi connectivity index (χ1) is 8.75. The quantitative estimate of drug-likeness (QED) is 0.599. The van der Waals surface area contributed by atoms with Crippen molar-refractivity contribution in [1.82, 2.24) is 5.32 Å². The van der Waals surface area contributed by atoms with Crippen molar-refractivity contribution in [2.24, 2.45) is 5.92 Å². The van der Waals surface area contributed by atoms with E-state index in [9.17, 15) is 4.79 Å². The van der Waals surface area contributed by atoms with Gasteiger partial charge in [0.1, 0.15) is 12.4 Å². The molecular formula is C13H18N2O3. The summed E-state index contributed by atoms with van der Waals surface area (Å²) in [5.41, 5.74) is 6.30. The number of rotatable bonds is 5. The molecule has 1 heterocycles. The SMILES string of the molecule is Nc1cccc(OCCNC(=O)C2CCOC2)c1. The zero-order valence-electron chi connectivity index (χ0n) is 10.2. The highest BCUT2D eigenvalue weighted by molar-refractivity contribution is 5.78. The molecule has 0 aliphatic carbocycles. The van der Waals surface area contributed by atoms with Gasteiger partial charge in [-0.15, -0.1) is 0 Å². The number of nitrogen functional groups attached to an aromatic ring is 1. The van der Waals surface area contributed by atoms with Gasteiger partial charge in [0.2, 0.25) is 5.91 Å². The highest BCUT2D eigenvalue weighted by Gasteiger charge is 2.22. The Morgan fingerprint density at radius 1 is 1.56 bits per heavy atom. The van der Waals surface area contributed by atoms with E-state index in [0.717, 1.165) is 6.42 Å². The fraction of sp³-hybridized carbons (Fsp3) is 0.462. The molecule has 3 N–H and O–H groups in total. The second-order valence-corrected chi connectivity index (χ2v) is 4.27. The van der Waals surface area contributed by atoms with Gasteiger partial charge in [0.05, 0.1) is 19.1 Å². The van der Waals surface area contributed by atoms with Crippen LogP contribution >= 0.6 is 0 Å². The number of ether oxygens (including phenoxy) is 2. The van der Waals surface area contributed by atoms with Crippen molar-refractivity contribution in [1.29, 1.82) is 0 Å². The molecule has 0 spiro atoms. The maximum atomic E-state index is 11.6. The van der Waals surface area contributed by atoms with Gasteiger partial charge in [-0.1, -0.05) is 6.07 Å². The average Bonchev–Trinajstić information content (AvgIpc) is 2.88. The third kappa shape index (κ3) is 3.63. The fourth-order valence-corrected chi connectivity index (χ4v) is 1.83. The Morgan fingerprint density at radius 2 is 2.44 bits per heavy atom. The van der Waals surface area contributed by atoms with E-state index in [0.29, 0.717) is 37.8 Å². The summed E-state index contributed by atoms with van der Waals surface area (Å²) in [5, 5.41) is 2.83. The minimum Gasteiger partial charge on any atom is -0.492 e. The zero-order chi connectivity index (χ0) is 12.8. The number of amides is 1. The third-order valence-corrected chi connectivity index (χ3v) is 2.83. The van der Waals surface area contributed by atoms with Crippen LogP contribution in [0.1, 0.15) is 6.42 Å². The topological polar surface area (TPSA) is 73.6 Å². The largest absolute Gasteiger partial charge is 0.492 e. The number of benzene rings is 1. The summed E-state index contributed by atoms with van der Waals surface area (Å²) in [4.78, 5) is 11.6. The highest BCUT2D eigenvalue weighted by Crippen LogP contribution is 2.14. The number of anilines is 1. The predicted molar refractivity (Wildman–Crippen MR) is 68.3 cm³/mol. The van der Waals surface area contributed by atoms with Gasteiger partial charge < -0.3 is 20.5 Å². The first-order valence-corrected chi connectivity index (χ1v) is 6.09. The molecule has 1 aromatic rings. The molecule has 0 radical (unpaired) electrons. The van der Waals surface area contributed by atoms with E-state index in [2.05, 4.69) is 5.32 Å². The number of nitrogens with one attached hydrogen (secondary N) is 1. The lowest BCUT2D eigenvalue weighted by molar-refractivity contribution is -0.125. The highest BCUT2D eigenvalue weighted by atomic mass is 16.5.